The van der Waals surface area contributed by atoms with Crippen LogP contribution < -0.4 is 5.32 Å². The second-order valence-electron chi connectivity index (χ2n) is 5.01. The molecule has 0 aliphatic carbocycles. The average Bonchev–Trinajstić information content (AvgIpc) is 2.99. The lowest BCUT2D eigenvalue weighted by Crippen LogP contribution is -2.34. The molecular weight excluding hydrogens is 254 g/mol. The van der Waals surface area contributed by atoms with E-state index in [2.05, 4.69) is 15.4 Å². The minimum absolute atomic E-state index is 0.0582. The van der Waals surface area contributed by atoms with Crippen molar-refractivity contribution in [3.8, 4) is 0 Å². The molecule has 2 aromatic heterocycles. The summed E-state index contributed by atoms with van der Waals surface area (Å²) in [7, 11) is 0. The molecule has 1 unspecified atom stereocenters. The molecule has 2 aromatic rings. The third-order valence-electron chi connectivity index (χ3n) is 3.39. The number of rotatable bonds is 6. The molecule has 0 aromatic carbocycles. The molecule has 0 aliphatic rings. The number of hydrogen-bond donors (Lipinski definition) is 1. The van der Waals surface area contributed by atoms with Gasteiger partial charge in [0, 0.05) is 37.4 Å². The summed E-state index contributed by atoms with van der Waals surface area (Å²) in [6.45, 7) is 7.80. The van der Waals surface area contributed by atoms with Gasteiger partial charge in [-0.05, 0) is 19.9 Å². The first kappa shape index (κ1) is 14.3. The molecule has 6 heteroatoms. The molecule has 20 heavy (non-hydrogen) atoms. The Morgan fingerprint density at radius 2 is 2.20 bits per heavy atom. The van der Waals surface area contributed by atoms with E-state index in [1.807, 2.05) is 42.3 Å². The molecule has 0 fully saturated rings. The zero-order valence-corrected chi connectivity index (χ0v) is 12.2. The lowest BCUT2D eigenvalue weighted by atomic mass is 10.1. The Morgan fingerprint density at radius 1 is 1.40 bits per heavy atom. The smallest absolute Gasteiger partial charge is 0.224 e. The maximum Gasteiger partial charge on any atom is 0.224 e. The quantitative estimate of drug-likeness (QED) is 0.860. The number of imidazole rings is 1. The first-order chi connectivity index (χ1) is 9.58. The Hall–Kier alpha value is -2.11. The number of amides is 1. The standard InChI is InChI=1S/C14H21N5O/c1-11(10-18-8-6-15-13(18)3)14(20)16-7-9-19-12(2)4-5-17-19/h4-6,8,11H,7,9-10H2,1-3H3,(H,16,20). The normalized spacial score (nSPS) is 12.3. The van der Waals surface area contributed by atoms with Crippen molar-refractivity contribution in [1.29, 1.82) is 0 Å². The van der Waals surface area contributed by atoms with Gasteiger partial charge in [0.25, 0.3) is 0 Å². The number of carbonyl (C=O) groups is 1. The van der Waals surface area contributed by atoms with E-state index in [-0.39, 0.29) is 11.8 Å². The summed E-state index contributed by atoms with van der Waals surface area (Å²) >= 11 is 0. The fraction of sp³-hybridized carbons (Fsp3) is 0.500. The largest absolute Gasteiger partial charge is 0.354 e. The molecule has 2 heterocycles. The van der Waals surface area contributed by atoms with Crippen LogP contribution in [-0.4, -0.2) is 31.8 Å². The van der Waals surface area contributed by atoms with Crippen LogP contribution in [0.1, 0.15) is 18.4 Å². The molecule has 0 saturated carbocycles. The monoisotopic (exact) mass is 275 g/mol. The fourth-order valence-corrected chi connectivity index (χ4v) is 2.07. The summed E-state index contributed by atoms with van der Waals surface area (Å²) < 4.78 is 3.87. The summed E-state index contributed by atoms with van der Waals surface area (Å²) in [5.41, 5.74) is 1.10. The molecule has 1 N–H and O–H groups in total. The molecular formula is C14H21N5O. The summed E-state index contributed by atoms with van der Waals surface area (Å²) in [5.74, 6) is 0.904. The highest BCUT2D eigenvalue weighted by Crippen LogP contribution is 2.04. The Balaban J connectivity index is 1.77. The Labute approximate surface area is 118 Å². The molecule has 6 nitrogen and oxygen atoms in total. The minimum Gasteiger partial charge on any atom is -0.354 e. The molecule has 1 atom stereocenters. The third-order valence-corrected chi connectivity index (χ3v) is 3.39. The van der Waals surface area contributed by atoms with Crippen molar-refractivity contribution < 1.29 is 4.79 Å². The van der Waals surface area contributed by atoms with Gasteiger partial charge in [0.1, 0.15) is 5.82 Å². The Bertz CT molecular complexity index is 572. The van der Waals surface area contributed by atoms with Crippen LogP contribution in [0.3, 0.4) is 0 Å². The van der Waals surface area contributed by atoms with Gasteiger partial charge in [-0.25, -0.2) is 4.98 Å². The average molecular weight is 275 g/mol. The van der Waals surface area contributed by atoms with Crippen molar-refractivity contribution in [2.75, 3.05) is 6.54 Å². The fourth-order valence-electron chi connectivity index (χ4n) is 2.07. The second kappa shape index (κ2) is 6.36. The highest BCUT2D eigenvalue weighted by atomic mass is 16.1. The van der Waals surface area contributed by atoms with Crippen LogP contribution in [0.25, 0.3) is 0 Å². The molecule has 1 amide bonds. The molecule has 108 valence electrons. The lowest BCUT2D eigenvalue weighted by Gasteiger charge is -2.14. The van der Waals surface area contributed by atoms with E-state index in [0.717, 1.165) is 11.5 Å². The van der Waals surface area contributed by atoms with Crippen LogP contribution in [0, 0.1) is 19.8 Å². The summed E-state index contributed by atoms with van der Waals surface area (Å²) in [5, 5.41) is 7.13. The molecule has 0 radical (unpaired) electrons. The van der Waals surface area contributed by atoms with Gasteiger partial charge in [-0.1, -0.05) is 6.92 Å². The second-order valence-corrected chi connectivity index (χ2v) is 5.01. The van der Waals surface area contributed by atoms with Crippen molar-refractivity contribution >= 4 is 5.91 Å². The van der Waals surface area contributed by atoms with E-state index in [0.29, 0.717) is 19.6 Å². The molecule has 0 spiro atoms. The molecule has 0 aliphatic heterocycles. The molecule has 0 bridgehead atoms. The predicted molar refractivity (Wildman–Crippen MR) is 76.1 cm³/mol. The van der Waals surface area contributed by atoms with Gasteiger partial charge in [0.15, 0.2) is 0 Å². The maximum absolute atomic E-state index is 12.0. The van der Waals surface area contributed by atoms with Gasteiger partial charge in [0.2, 0.25) is 5.91 Å². The molecule has 2 rings (SSSR count). The van der Waals surface area contributed by atoms with Crippen LogP contribution >= 0.6 is 0 Å². The van der Waals surface area contributed by atoms with Crippen LogP contribution in [0.4, 0.5) is 0 Å². The Morgan fingerprint density at radius 3 is 2.80 bits per heavy atom. The maximum atomic E-state index is 12.0. The van der Waals surface area contributed by atoms with E-state index in [4.69, 9.17) is 0 Å². The predicted octanol–water partition coefficient (Wildman–Crippen LogP) is 1.15. The van der Waals surface area contributed by atoms with E-state index in [1.54, 1.807) is 12.4 Å². The van der Waals surface area contributed by atoms with Crippen molar-refractivity contribution in [3.05, 3.63) is 36.2 Å². The molecule has 0 saturated heterocycles. The van der Waals surface area contributed by atoms with Gasteiger partial charge in [-0.3, -0.25) is 9.48 Å². The number of carbonyl (C=O) groups excluding carboxylic acids is 1. The zero-order chi connectivity index (χ0) is 14.5. The van der Waals surface area contributed by atoms with Gasteiger partial charge >= 0.3 is 0 Å². The van der Waals surface area contributed by atoms with E-state index >= 15 is 0 Å². The lowest BCUT2D eigenvalue weighted by molar-refractivity contribution is -0.124. The van der Waals surface area contributed by atoms with Crippen molar-refractivity contribution in [2.24, 2.45) is 5.92 Å². The van der Waals surface area contributed by atoms with Gasteiger partial charge in [-0.2, -0.15) is 5.10 Å². The van der Waals surface area contributed by atoms with Crippen molar-refractivity contribution in [2.45, 2.75) is 33.9 Å². The Kier molecular flexibility index (Phi) is 4.55. The zero-order valence-electron chi connectivity index (χ0n) is 12.2. The van der Waals surface area contributed by atoms with Gasteiger partial charge in [0.05, 0.1) is 12.5 Å². The van der Waals surface area contributed by atoms with Crippen LogP contribution in [0.5, 0.6) is 0 Å². The van der Waals surface area contributed by atoms with E-state index < -0.39 is 0 Å². The summed E-state index contributed by atoms with van der Waals surface area (Å²) in [6.07, 6.45) is 5.41. The minimum atomic E-state index is -0.0818. The van der Waals surface area contributed by atoms with Crippen LogP contribution in [0.2, 0.25) is 0 Å². The highest BCUT2D eigenvalue weighted by Gasteiger charge is 2.13. The highest BCUT2D eigenvalue weighted by molar-refractivity contribution is 5.78. The van der Waals surface area contributed by atoms with E-state index in [9.17, 15) is 4.79 Å². The summed E-state index contributed by atoms with van der Waals surface area (Å²) in [4.78, 5) is 16.2. The topological polar surface area (TPSA) is 64.7 Å². The van der Waals surface area contributed by atoms with Gasteiger partial charge in [-0.15, -0.1) is 0 Å². The SMILES string of the molecule is Cc1nccn1CC(C)C(=O)NCCn1nccc1C. The first-order valence-corrected chi connectivity index (χ1v) is 6.82. The first-order valence-electron chi connectivity index (χ1n) is 6.82. The third kappa shape index (κ3) is 3.46. The number of aryl methyl sites for hydroxylation is 2. The number of nitrogens with one attached hydrogen (secondary N) is 1. The van der Waals surface area contributed by atoms with E-state index in [1.165, 1.54) is 0 Å². The van der Waals surface area contributed by atoms with Gasteiger partial charge < -0.3 is 9.88 Å². The van der Waals surface area contributed by atoms with Crippen LogP contribution in [-0.2, 0) is 17.9 Å². The number of hydrogen-bond acceptors (Lipinski definition) is 3. The summed E-state index contributed by atoms with van der Waals surface area (Å²) in [6, 6.07) is 1.95. The van der Waals surface area contributed by atoms with Crippen molar-refractivity contribution in [3.63, 3.8) is 0 Å². The number of aromatic nitrogens is 4. The van der Waals surface area contributed by atoms with Crippen LogP contribution in [0.15, 0.2) is 24.7 Å². The van der Waals surface area contributed by atoms with Crippen molar-refractivity contribution in [1.82, 2.24) is 24.6 Å². The number of nitrogens with zero attached hydrogens (tertiary/aromatic N) is 4.